The SMILES string of the molecule is Cc1cnc(N2CCC3(CC2)CN(c2cnn(C)c2)C(=O)CO3)nc1. The zero-order valence-corrected chi connectivity index (χ0v) is 14.6. The van der Waals surface area contributed by atoms with Crippen LogP contribution in [-0.4, -0.2) is 57.5 Å². The van der Waals surface area contributed by atoms with Crippen LogP contribution in [-0.2, 0) is 16.6 Å². The van der Waals surface area contributed by atoms with Gasteiger partial charge in [0.2, 0.25) is 5.95 Å². The third-order valence-electron chi connectivity index (χ3n) is 4.98. The number of morpholine rings is 1. The first kappa shape index (κ1) is 16.0. The molecule has 1 amide bonds. The summed E-state index contributed by atoms with van der Waals surface area (Å²) >= 11 is 0. The number of carbonyl (C=O) groups is 1. The summed E-state index contributed by atoms with van der Waals surface area (Å²) in [6.45, 7) is 4.31. The maximum absolute atomic E-state index is 12.3. The maximum atomic E-state index is 12.3. The Morgan fingerprint density at radius 3 is 2.52 bits per heavy atom. The second-order valence-electron chi connectivity index (χ2n) is 6.87. The molecule has 132 valence electrons. The van der Waals surface area contributed by atoms with E-state index in [9.17, 15) is 4.79 Å². The summed E-state index contributed by atoms with van der Waals surface area (Å²) in [5, 5.41) is 4.18. The summed E-state index contributed by atoms with van der Waals surface area (Å²) < 4.78 is 7.71. The Hall–Kier alpha value is -2.48. The van der Waals surface area contributed by atoms with Crippen molar-refractivity contribution in [2.24, 2.45) is 7.05 Å². The monoisotopic (exact) mass is 342 g/mol. The Balaban J connectivity index is 1.46. The number of ether oxygens (including phenoxy) is 1. The van der Waals surface area contributed by atoms with Gasteiger partial charge in [0.25, 0.3) is 5.91 Å². The first-order valence-corrected chi connectivity index (χ1v) is 8.51. The molecule has 0 aromatic carbocycles. The number of rotatable bonds is 2. The number of carbonyl (C=O) groups excluding carboxylic acids is 1. The third kappa shape index (κ3) is 3.09. The van der Waals surface area contributed by atoms with E-state index in [1.54, 1.807) is 15.8 Å². The zero-order valence-electron chi connectivity index (χ0n) is 14.6. The van der Waals surface area contributed by atoms with Crippen molar-refractivity contribution in [1.82, 2.24) is 19.7 Å². The summed E-state index contributed by atoms with van der Waals surface area (Å²) in [4.78, 5) is 25.1. The molecule has 2 aromatic heterocycles. The molecule has 2 aromatic rings. The zero-order chi connectivity index (χ0) is 17.4. The van der Waals surface area contributed by atoms with Crippen LogP contribution in [0.5, 0.6) is 0 Å². The fourth-order valence-corrected chi connectivity index (χ4v) is 3.46. The van der Waals surface area contributed by atoms with Crippen LogP contribution in [0, 0.1) is 6.92 Å². The molecular weight excluding hydrogens is 320 g/mol. The van der Waals surface area contributed by atoms with E-state index < -0.39 is 0 Å². The van der Waals surface area contributed by atoms with E-state index in [4.69, 9.17) is 4.74 Å². The molecule has 8 heteroatoms. The second-order valence-corrected chi connectivity index (χ2v) is 6.87. The topological polar surface area (TPSA) is 76.4 Å². The highest BCUT2D eigenvalue weighted by atomic mass is 16.5. The fraction of sp³-hybridized carbons (Fsp3) is 0.529. The van der Waals surface area contributed by atoms with Crippen molar-refractivity contribution in [3.63, 3.8) is 0 Å². The molecule has 25 heavy (non-hydrogen) atoms. The van der Waals surface area contributed by atoms with Crippen molar-refractivity contribution in [2.75, 3.05) is 36.0 Å². The average molecular weight is 342 g/mol. The molecule has 0 radical (unpaired) electrons. The Labute approximate surface area is 146 Å². The predicted molar refractivity (Wildman–Crippen MR) is 92.5 cm³/mol. The molecule has 2 aliphatic heterocycles. The van der Waals surface area contributed by atoms with Crippen LogP contribution in [0.3, 0.4) is 0 Å². The fourth-order valence-electron chi connectivity index (χ4n) is 3.46. The largest absolute Gasteiger partial charge is 0.363 e. The van der Waals surface area contributed by atoms with Crippen LogP contribution in [0.15, 0.2) is 24.8 Å². The molecule has 2 fully saturated rings. The van der Waals surface area contributed by atoms with E-state index in [1.807, 2.05) is 32.6 Å². The molecule has 4 heterocycles. The summed E-state index contributed by atoms with van der Waals surface area (Å²) in [7, 11) is 1.85. The number of aromatic nitrogens is 4. The van der Waals surface area contributed by atoms with Gasteiger partial charge in [0.15, 0.2) is 0 Å². The van der Waals surface area contributed by atoms with Crippen molar-refractivity contribution in [3.05, 3.63) is 30.4 Å². The van der Waals surface area contributed by atoms with E-state index >= 15 is 0 Å². The standard InChI is InChI=1S/C17H22N6O2/c1-13-7-18-16(19-8-13)22-5-3-17(4-6-22)12-23(15(24)11-25-17)14-9-20-21(2)10-14/h7-10H,3-6,11-12H2,1-2H3. The molecule has 2 aliphatic rings. The molecule has 1 spiro atoms. The van der Waals surface area contributed by atoms with Gasteiger partial charge in [-0.25, -0.2) is 9.97 Å². The van der Waals surface area contributed by atoms with Crippen molar-refractivity contribution >= 4 is 17.5 Å². The van der Waals surface area contributed by atoms with E-state index in [-0.39, 0.29) is 18.1 Å². The van der Waals surface area contributed by atoms with Crippen LogP contribution in [0.1, 0.15) is 18.4 Å². The second kappa shape index (κ2) is 6.11. The highest BCUT2D eigenvalue weighted by Gasteiger charge is 2.43. The molecule has 0 aliphatic carbocycles. The number of hydrogen-bond acceptors (Lipinski definition) is 6. The lowest BCUT2D eigenvalue weighted by Crippen LogP contribution is -2.59. The van der Waals surface area contributed by atoms with E-state index in [0.717, 1.165) is 43.1 Å². The van der Waals surface area contributed by atoms with Gasteiger partial charge >= 0.3 is 0 Å². The van der Waals surface area contributed by atoms with Crippen LogP contribution >= 0.6 is 0 Å². The number of hydrogen-bond donors (Lipinski definition) is 0. The molecule has 0 unspecified atom stereocenters. The molecule has 0 atom stereocenters. The molecular formula is C17H22N6O2. The van der Waals surface area contributed by atoms with Crippen molar-refractivity contribution in [3.8, 4) is 0 Å². The number of amides is 1. The number of aryl methyl sites for hydroxylation is 2. The van der Waals surface area contributed by atoms with Gasteiger partial charge in [-0.15, -0.1) is 0 Å². The minimum absolute atomic E-state index is 0.0112. The summed E-state index contributed by atoms with van der Waals surface area (Å²) in [5.41, 5.74) is 1.59. The number of anilines is 2. The van der Waals surface area contributed by atoms with Gasteiger partial charge < -0.3 is 14.5 Å². The van der Waals surface area contributed by atoms with Crippen LogP contribution < -0.4 is 9.80 Å². The Morgan fingerprint density at radius 1 is 1.16 bits per heavy atom. The summed E-state index contributed by atoms with van der Waals surface area (Å²) in [6.07, 6.45) is 8.96. The van der Waals surface area contributed by atoms with Gasteiger partial charge in [0.1, 0.15) is 6.61 Å². The van der Waals surface area contributed by atoms with Crippen LogP contribution in [0.4, 0.5) is 11.6 Å². The molecule has 4 rings (SSSR count). The molecule has 8 nitrogen and oxygen atoms in total. The van der Waals surface area contributed by atoms with E-state index in [0.29, 0.717) is 6.54 Å². The van der Waals surface area contributed by atoms with Gasteiger partial charge in [0, 0.05) is 38.7 Å². The first-order chi connectivity index (χ1) is 12.0. The van der Waals surface area contributed by atoms with Gasteiger partial charge in [-0.05, 0) is 25.3 Å². The summed E-state index contributed by atoms with van der Waals surface area (Å²) in [6, 6.07) is 0. The maximum Gasteiger partial charge on any atom is 0.253 e. The molecule has 0 N–H and O–H groups in total. The third-order valence-corrected chi connectivity index (χ3v) is 4.98. The minimum Gasteiger partial charge on any atom is -0.363 e. The number of piperidine rings is 1. The van der Waals surface area contributed by atoms with Gasteiger partial charge in [0.05, 0.1) is 24.0 Å². The molecule has 2 saturated heterocycles. The average Bonchev–Trinajstić information content (AvgIpc) is 3.05. The van der Waals surface area contributed by atoms with Crippen molar-refractivity contribution in [1.29, 1.82) is 0 Å². The smallest absolute Gasteiger partial charge is 0.253 e. The number of nitrogens with zero attached hydrogens (tertiary/aromatic N) is 6. The van der Waals surface area contributed by atoms with Crippen LogP contribution in [0.2, 0.25) is 0 Å². The Morgan fingerprint density at radius 2 is 1.88 bits per heavy atom. The van der Waals surface area contributed by atoms with Gasteiger partial charge in [-0.1, -0.05) is 0 Å². The highest BCUT2D eigenvalue weighted by molar-refractivity contribution is 5.94. The lowest BCUT2D eigenvalue weighted by Gasteiger charge is -2.46. The molecule has 0 saturated carbocycles. The normalized spacial score (nSPS) is 20.3. The minimum atomic E-state index is -0.301. The van der Waals surface area contributed by atoms with Gasteiger partial charge in [-0.2, -0.15) is 5.10 Å². The Bertz CT molecular complexity index is 764. The molecule has 0 bridgehead atoms. The predicted octanol–water partition coefficient (Wildman–Crippen LogP) is 0.921. The van der Waals surface area contributed by atoms with Gasteiger partial charge in [-0.3, -0.25) is 9.48 Å². The highest BCUT2D eigenvalue weighted by Crippen LogP contribution is 2.33. The van der Waals surface area contributed by atoms with E-state index in [2.05, 4.69) is 20.0 Å². The van der Waals surface area contributed by atoms with Crippen molar-refractivity contribution in [2.45, 2.75) is 25.4 Å². The summed E-state index contributed by atoms with van der Waals surface area (Å²) in [5.74, 6) is 0.749. The Kier molecular flexibility index (Phi) is 3.91. The quantitative estimate of drug-likeness (QED) is 0.808. The van der Waals surface area contributed by atoms with Crippen molar-refractivity contribution < 1.29 is 9.53 Å². The van der Waals surface area contributed by atoms with E-state index in [1.165, 1.54) is 0 Å². The lowest BCUT2D eigenvalue weighted by molar-refractivity contribution is -0.141. The first-order valence-electron chi connectivity index (χ1n) is 8.51. The van der Waals surface area contributed by atoms with Crippen LogP contribution in [0.25, 0.3) is 0 Å². The lowest BCUT2D eigenvalue weighted by atomic mass is 9.89.